The smallest absolute Gasteiger partial charge is 0.303 e. The van der Waals surface area contributed by atoms with Gasteiger partial charge < -0.3 is 40.9 Å². The third-order valence-corrected chi connectivity index (χ3v) is 3.69. The van der Waals surface area contributed by atoms with E-state index in [1.165, 1.54) is 0 Å². The molecule has 0 aromatic rings. The number of rotatable bonds is 15. The number of hydrogen-bond donors (Lipinski definition) is 8. The maximum atomic E-state index is 9.64. The Morgan fingerprint density at radius 1 is 0.471 bits per heavy atom. The summed E-state index contributed by atoms with van der Waals surface area (Å²) >= 11 is 0. The van der Waals surface area contributed by atoms with Crippen molar-refractivity contribution >= 4 is 11.9 Å². The van der Waals surface area contributed by atoms with Crippen LogP contribution in [0.15, 0.2) is 0 Å². The van der Waals surface area contributed by atoms with E-state index in [1.807, 2.05) is 9.80 Å². The Morgan fingerprint density at radius 2 is 0.618 bits per heavy atom. The van der Waals surface area contributed by atoms with E-state index in [0.717, 1.165) is 0 Å². The van der Waals surface area contributed by atoms with Gasteiger partial charge in [-0.2, -0.15) is 0 Å². The van der Waals surface area contributed by atoms with Crippen molar-refractivity contribution in [2.24, 2.45) is 0 Å². The SMILES string of the molecule is CC(O)CN(CC(C)O)CC(C)O.CC(O)CN(CC(C)O)CC(C)O.O=C(O)CCC(=O)O. The lowest BCUT2D eigenvalue weighted by atomic mass is 10.2. The van der Waals surface area contributed by atoms with Crippen LogP contribution in [0.4, 0.5) is 0 Å². The molecule has 0 saturated carbocycles. The third-order valence-electron chi connectivity index (χ3n) is 3.69. The number of carboxylic acid groups (broad SMARTS) is 2. The van der Waals surface area contributed by atoms with Crippen LogP contribution in [0.3, 0.4) is 0 Å². The van der Waals surface area contributed by atoms with Gasteiger partial charge in [0.2, 0.25) is 0 Å². The summed E-state index contributed by atoms with van der Waals surface area (Å²) in [7, 11) is 0. The largest absolute Gasteiger partial charge is 0.481 e. The molecule has 0 amide bonds. The first-order valence-corrected chi connectivity index (χ1v) is 11.4. The molecule has 0 heterocycles. The Kier molecular flexibility index (Phi) is 24.2. The van der Waals surface area contributed by atoms with E-state index in [9.17, 15) is 9.59 Å². The van der Waals surface area contributed by atoms with Gasteiger partial charge in [-0.25, -0.2) is 0 Å². The zero-order chi connectivity index (χ0) is 27.4. The average molecular weight is 501 g/mol. The summed E-state index contributed by atoms with van der Waals surface area (Å²) in [5, 5.41) is 70.7. The van der Waals surface area contributed by atoms with Gasteiger partial charge in [-0.3, -0.25) is 19.4 Å². The number of carboxylic acids is 2. The van der Waals surface area contributed by atoms with Crippen LogP contribution in [-0.2, 0) is 9.59 Å². The molecule has 0 radical (unpaired) electrons. The van der Waals surface area contributed by atoms with Gasteiger partial charge in [0.15, 0.2) is 0 Å². The Bertz CT molecular complexity index is 409. The van der Waals surface area contributed by atoms with Crippen LogP contribution < -0.4 is 0 Å². The zero-order valence-electron chi connectivity index (χ0n) is 21.4. The van der Waals surface area contributed by atoms with Gasteiger partial charge >= 0.3 is 11.9 Å². The summed E-state index contributed by atoms with van der Waals surface area (Å²) in [4.78, 5) is 23.0. The minimum atomic E-state index is -1.08. The highest BCUT2D eigenvalue weighted by atomic mass is 16.4. The van der Waals surface area contributed by atoms with E-state index in [0.29, 0.717) is 39.3 Å². The fourth-order valence-corrected chi connectivity index (χ4v) is 2.90. The molecule has 12 heteroatoms. The van der Waals surface area contributed by atoms with Crippen molar-refractivity contribution in [3.63, 3.8) is 0 Å². The Labute approximate surface area is 203 Å². The summed E-state index contributed by atoms with van der Waals surface area (Å²) in [5.41, 5.74) is 0. The molecule has 0 aliphatic rings. The molecule has 34 heavy (non-hydrogen) atoms. The second kappa shape index (κ2) is 22.1. The van der Waals surface area contributed by atoms with Gasteiger partial charge in [-0.15, -0.1) is 0 Å². The fourth-order valence-electron chi connectivity index (χ4n) is 2.90. The van der Waals surface area contributed by atoms with Crippen LogP contribution in [0.1, 0.15) is 54.4 Å². The number of aliphatic hydroxyl groups is 6. The Balaban J connectivity index is -0.000000438. The van der Waals surface area contributed by atoms with E-state index in [4.69, 9.17) is 40.9 Å². The van der Waals surface area contributed by atoms with Gasteiger partial charge in [-0.05, 0) is 41.5 Å². The van der Waals surface area contributed by atoms with Crippen LogP contribution in [-0.4, -0.2) is 138 Å². The summed E-state index contributed by atoms with van der Waals surface area (Å²) in [6, 6.07) is 0. The quantitative estimate of drug-likeness (QED) is 0.134. The van der Waals surface area contributed by atoms with Gasteiger partial charge in [0.25, 0.3) is 0 Å². The Morgan fingerprint density at radius 3 is 0.706 bits per heavy atom. The van der Waals surface area contributed by atoms with E-state index in [1.54, 1.807) is 41.5 Å². The summed E-state index contributed by atoms with van der Waals surface area (Å²) < 4.78 is 0. The Hall–Kier alpha value is -1.38. The van der Waals surface area contributed by atoms with Gasteiger partial charge in [0, 0.05) is 39.3 Å². The molecule has 0 aliphatic carbocycles. The molecule has 0 aliphatic heterocycles. The second-order valence-corrected chi connectivity index (χ2v) is 8.82. The molecule has 0 aromatic heterocycles. The predicted octanol–water partition coefficient (Wildman–Crippen LogP) is -1.20. The van der Waals surface area contributed by atoms with Crippen molar-refractivity contribution in [2.75, 3.05) is 39.3 Å². The zero-order valence-corrected chi connectivity index (χ0v) is 21.4. The van der Waals surface area contributed by atoms with Crippen LogP contribution in [0, 0.1) is 0 Å². The molecule has 0 saturated heterocycles. The maximum absolute atomic E-state index is 9.64. The van der Waals surface area contributed by atoms with Gasteiger partial charge in [0.05, 0.1) is 49.5 Å². The van der Waals surface area contributed by atoms with Crippen molar-refractivity contribution < 1.29 is 50.4 Å². The predicted molar refractivity (Wildman–Crippen MR) is 127 cm³/mol. The molecule has 6 unspecified atom stereocenters. The normalized spacial score (nSPS) is 16.3. The third kappa shape index (κ3) is 35.2. The van der Waals surface area contributed by atoms with Crippen molar-refractivity contribution in [2.45, 2.75) is 91.0 Å². The summed E-state index contributed by atoms with van der Waals surface area (Å²) in [6.45, 7) is 13.0. The van der Waals surface area contributed by atoms with Crippen molar-refractivity contribution in [3.05, 3.63) is 0 Å². The number of hydrogen-bond acceptors (Lipinski definition) is 10. The molecule has 206 valence electrons. The average Bonchev–Trinajstić information content (AvgIpc) is 2.57. The molecule has 0 bridgehead atoms. The highest BCUT2D eigenvalue weighted by molar-refractivity contribution is 5.75. The minimum Gasteiger partial charge on any atom is -0.481 e. The first-order chi connectivity index (χ1) is 15.5. The fraction of sp³-hybridized carbons (Fsp3) is 0.909. The van der Waals surface area contributed by atoms with Gasteiger partial charge in [-0.1, -0.05) is 0 Å². The van der Waals surface area contributed by atoms with Crippen LogP contribution in [0.2, 0.25) is 0 Å². The lowest BCUT2D eigenvalue weighted by Gasteiger charge is -2.26. The summed E-state index contributed by atoms with van der Waals surface area (Å²) in [6.07, 6.45) is -3.19. The maximum Gasteiger partial charge on any atom is 0.303 e. The lowest BCUT2D eigenvalue weighted by Crippen LogP contribution is -2.40. The minimum absolute atomic E-state index is 0.296. The van der Waals surface area contributed by atoms with E-state index in [-0.39, 0.29) is 12.8 Å². The highest BCUT2D eigenvalue weighted by Gasteiger charge is 2.13. The number of aliphatic hydroxyl groups excluding tert-OH is 6. The molecule has 0 spiro atoms. The topological polar surface area (TPSA) is 202 Å². The second-order valence-electron chi connectivity index (χ2n) is 8.82. The van der Waals surface area contributed by atoms with Crippen molar-refractivity contribution in [3.8, 4) is 0 Å². The molecule has 0 aromatic carbocycles. The van der Waals surface area contributed by atoms with Crippen LogP contribution in [0.5, 0.6) is 0 Å². The van der Waals surface area contributed by atoms with Crippen LogP contribution >= 0.6 is 0 Å². The number of aliphatic carboxylic acids is 2. The molecule has 12 nitrogen and oxygen atoms in total. The van der Waals surface area contributed by atoms with E-state index >= 15 is 0 Å². The van der Waals surface area contributed by atoms with Crippen LogP contribution in [0.25, 0.3) is 0 Å². The standard InChI is InChI=1S/2C9H21NO3.C4H6O4/c2*1-7(11)4-10(5-8(2)12)6-9(3)13;5-3(6)1-2-4(7)8/h2*7-9,11-13H,4-6H2,1-3H3;1-2H2,(H,5,6)(H,7,8). The first kappa shape index (κ1) is 37.2. The van der Waals surface area contributed by atoms with E-state index in [2.05, 4.69) is 0 Å². The molecular weight excluding hydrogens is 452 g/mol. The van der Waals surface area contributed by atoms with E-state index < -0.39 is 48.6 Å². The molecular formula is C22H48N2O10. The van der Waals surface area contributed by atoms with Crippen molar-refractivity contribution in [1.29, 1.82) is 0 Å². The monoisotopic (exact) mass is 500 g/mol. The van der Waals surface area contributed by atoms with Gasteiger partial charge in [0.1, 0.15) is 0 Å². The summed E-state index contributed by atoms with van der Waals surface area (Å²) in [5.74, 6) is -2.15. The number of carbonyl (C=O) groups is 2. The lowest BCUT2D eigenvalue weighted by molar-refractivity contribution is -0.143. The number of nitrogens with zero attached hydrogens (tertiary/aromatic N) is 2. The molecule has 0 rings (SSSR count). The first-order valence-electron chi connectivity index (χ1n) is 11.4. The van der Waals surface area contributed by atoms with Crippen molar-refractivity contribution in [1.82, 2.24) is 9.80 Å². The molecule has 0 fully saturated rings. The molecule has 8 N–H and O–H groups in total. The molecule has 6 atom stereocenters. The highest BCUT2D eigenvalue weighted by Crippen LogP contribution is 1.98.